The summed E-state index contributed by atoms with van der Waals surface area (Å²) in [5.41, 5.74) is 1.55. The van der Waals surface area contributed by atoms with Gasteiger partial charge in [0, 0.05) is 69.7 Å². The standard InChI is InChI=1S/C23H28FN7O4S/c1-35-13-12-30-16-26-23(27-30)36(33,34)31-7-5-17(15-31)22(32)29-10-8-28(9-11-29)21-4-6-25-20-14-18(24)2-3-19(20)21/h2-4,6,14,16-17H,5,7-13,15H2,1H3/t17-/m0/s1. The number of nitrogens with zero attached hydrogens (tertiary/aromatic N) is 7. The van der Waals surface area contributed by atoms with E-state index in [0.717, 1.165) is 11.1 Å². The third-order valence-corrected chi connectivity index (χ3v) is 8.38. The molecule has 5 rings (SSSR count). The molecule has 0 bridgehead atoms. The van der Waals surface area contributed by atoms with E-state index in [1.807, 2.05) is 6.07 Å². The second kappa shape index (κ2) is 10.1. The quantitative estimate of drug-likeness (QED) is 0.456. The number of aromatic nitrogens is 4. The van der Waals surface area contributed by atoms with Gasteiger partial charge in [-0.05, 0) is 24.6 Å². The normalized spacial score (nSPS) is 19.3. The van der Waals surface area contributed by atoms with Crippen LogP contribution in [0.25, 0.3) is 10.9 Å². The van der Waals surface area contributed by atoms with E-state index in [4.69, 9.17) is 4.74 Å². The van der Waals surface area contributed by atoms with Crippen LogP contribution in [0.2, 0.25) is 0 Å². The first-order chi connectivity index (χ1) is 17.4. The zero-order chi connectivity index (χ0) is 25.3. The first kappa shape index (κ1) is 24.5. The lowest BCUT2D eigenvalue weighted by Gasteiger charge is -2.37. The lowest BCUT2D eigenvalue weighted by molar-refractivity contribution is -0.135. The molecular weight excluding hydrogens is 489 g/mol. The summed E-state index contributed by atoms with van der Waals surface area (Å²) in [5.74, 6) is -0.760. The maximum atomic E-state index is 13.6. The molecule has 4 heterocycles. The van der Waals surface area contributed by atoms with E-state index in [9.17, 15) is 17.6 Å². The molecule has 3 aromatic rings. The van der Waals surface area contributed by atoms with Crippen LogP contribution in [-0.4, -0.2) is 96.3 Å². The Morgan fingerprint density at radius 2 is 1.94 bits per heavy atom. The molecular formula is C23H28FN7O4S. The van der Waals surface area contributed by atoms with Gasteiger partial charge in [-0.2, -0.15) is 4.31 Å². The van der Waals surface area contributed by atoms with Crippen molar-refractivity contribution in [2.24, 2.45) is 5.92 Å². The van der Waals surface area contributed by atoms with E-state index in [0.29, 0.717) is 51.3 Å². The number of ether oxygens (including phenoxy) is 1. The summed E-state index contributed by atoms with van der Waals surface area (Å²) in [5, 5.41) is 4.67. The molecule has 2 fully saturated rings. The van der Waals surface area contributed by atoms with Crippen molar-refractivity contribution >= 4 is 32.5 Å². The fourth-order valence-electron chi connectivity index (χ4n) is 4.76. The van der Waals surface area contributed by atoms with Crippen molar-refractivity contribution in [3.8, 4) is 0 Å². The minimum absolute atomic E-state index is 0.0346. The average molecular weight is 518 g/mol. The Balaban J connectivity index is 1.20. The number of benzene rings is 1. The molecule has 0 unspecified atom stereocenters. The van der Waals surface area contributed by atoms with Crippen LogP contribution in [0.3, 0.4) is 0 Å². The van der Waals surface area contributed by atoms with Crippen LogP contribution < -0.4 is 4.90 Å². The number of piperazine rings is 1. The van der Waals surface area contributed by atoms with Crippen molar-refractivity contribution in [1.29, 1.82) is 0 Å². The molecule has 0 radical (unpaired) electrons. The van der Waals surface area contributed by atoms with Gasteiger partial charge >= 0.3 is 0 Å². The van der Waals surface area contributed by atoms with Gasteiger partial charge in [-0.15, -0.1) is 5.10 Å². The van der Waals surface area contributed by atoms with E-state index >= 15 is 0 Å². The molecule has 0 N–H and O–H groups in total. The van der Waals surface area contributed by atoms with Crippen molar-refractivity contribution in [1.82, 2.24) is 29.0 Å². The molecule has 13 heteroatoms. The molecule has 2 aliphatic heterocycles. The van der Waals surface area contributed by atoms with Crippen LogP contribution in [0.1, 0.15) is 6.42 Å². The van der Waals surface area contributed by atoms with Gasteiger partial charge in [0.05, 0.1) is 24.6 Å². The van der Waals surface area contributed by atoms with Gasteiger partial charge in [0.2, 0.25) is 5.91 Å². The number of methoxy groups -OCH3 is 1. The van der Waals surface area contributed by atoms with Crippen molar-refractivity contribution in [2.45, 2.75) is 18.1 Å². The summed E-state index contributed by atoms with van der Waals surface area (Å²) in [6.07, 6.45) is 3.49. The largest absolute Gasteiger partial charge is 0.383 e. The summed E-state index contributed by atoms with van der Waals surface area (Å²) in [4.78, 5) is 25.4. The number of anilines is 1. The number of hydrogen-bond donors (Lipinski definition) is 0. The highest BCUT2D eigenvalue weighted by molar-refractivity contribution is 7.89. The molecule has 2 saturated heterocycles. The van der Waals surface area contributed by atoms with Gasteiger partial charge in [-0.25, -0.2) is 22.5 Å². The Morgan fingerprint density at radius 3 is 2.72 bits per heavy atom. The van der Waals surface area contributed by atoms with E-state index in [2.05, 4.69) is 20.0 Å². The van der Waals surface area contributed by atoms with Crippen molar-refractivity contribution in [3.63, 3.8) is 0 Å². The highest BCUT2D eigenvalue weighted by atomic mass is 32.2. The molecule has 1 atom stereocenters. The fraction of sp³-hybridized carbons (Fsp3) is 0.478. The highest BCUT2D eigenvalue weighted by Gasteiger charge is 2.39. The Kier molecular flexibility index (Phi) is 6.86. The maximum absolute atomic E-state index is 13.6. The number of pyridine rings is 1. The van der Waals surface area contributed by atoms with E-state index in [1.165, 1.54) is 27.4 Å². The third kappa shape index (κ3) is 4.77. The summed E-state index contributed by atoms with van der Waals surface area (Å²) < 4.78 is 47.3. The lowest BCUT2D eigenvalue weighted by atomic mass is 10.1. The van der Waals surface area contributed by atoms with Gasteiger partial charge < -0.3 is 14.5 Å². The topological polar surface area (TPSA) is 114 Å². The summed E-state index contributed by atoms with van der Waals surface area (Å²) in [7, 11) is -2.32. The third-order valence-electron chi connectivity index (χ3n) is 6.72. The number of fused-ring (bicyclic) bond motifs is 1. The van der Waals surface area contributed by atoms with Crippen molar-refractivity contribution in [2.75, 3.05) is 57.9 Å². The smallest absolute Gasteiger partial charge is 0.282 e. The number of rotatable bonds is 7. The van der Waals surface area contributed by atoms with Crippen LogP contribution in [0.4, 0.5) is 10.1 Å². The number of halogens is 1. The monoisotopic (exact) mass is 517 g/mol. The predicted molar refractivity (Wildman–Crippen MR) is 129 cm³/mol. The minimum atomic E-state index is -3.87. The SMILES string of the molecule is COCCn1cnc(S(=O)(=O)N2CC[C@H](C(=O)N3CCN(c4ccnc5cc(F)ccc45)CC3)C2)n1. The van der Waals surface area contributed by atoms with Gasteiger partial charge in [-0.3, -0.25) is 9.78 Å². The molecule has 1 amide bonds. The molecule has 0 saturated carbocycles. The summed E-state index contributed by atoms with van der Waals surface area (Å²) in [6.45, 7) is 3.47. The highest BCUT2D eigenvalue weighted by Crippen LogP contribution is 2.28. The van der Waals surface area contributed by atoms with Gasteiger partial charge in [0.15, 0.2) is 0 Å². The second-order valence-electron chi connectivity index (χ2n) is 8.94. The zero-order valence-corrected chi connectivity index (χ0v) is 20.8. The Hall–Kier alpha value is -3.16. The number of amides is 1. The number of carbonyl (C=O) groups is 1. The van der Waals surface area contributed by atoms with Gasteiger partial charge in [-0.1, -0.05) is 0 Å². The minimum Gasteiger partial charge on any atom is -0.383 e. The lowest BCUT2D eigenvalue weighted by Crippen LogP contribution is -2.50. The molecule has 0 spiro atoms. The van der Waals surface area contributed by atoms with Crippen molar-refractivity contribution in [3.05, 3.63) is 42.6 Å². The Morgan fingerprint density at radius 1 is 1.14 bits per heavy atom. The van der Waals surface area contributed by atoms with Crippen molar-refractivity contribution < 1.29 is 22.3 Å². The van der Waals surface area contributed by atoms with E-state index in [1.54, 1.807) is 24.3 Å². The number of carbonyl (C=O) groups excluding carboxylic acids is 1. The van der Waals surface area contributed by atoms with Gasteiger partial charge in [0.25, 0.3) is 15.2 Å². The number of sulfonamides is 1. The van der Waals surface area contributed by atoms with Crippen LogP contribution in [0, 0.1) is 11.7 Å². The molecule has 2 aromatic heterocycles. The zero-order valence-electron chi connectivity index (χ0n) is 20.0. The van der Waals surface area contributed by atoms with Crippen LogP contribution in [-0.2, 0) is 26.1 Å². The molecule has 36 heavy (non-hydrogen) atoms. The average Bonchev–Trinajstić information content (AvgIpc) is 3.58. The Bertz CT molecular complexity index is 1360. The molecule has 11 nitrogen and oxygen atoms in total. The van der Waals surface area contributed by atoms with Crippen LogP contribution in [0.5, 0.6) is 0 Å². The molecule has 0 aliphatic carbocycles. The molecule has 192 valence electrons. The summed E-state index contributed by atoms with van der Waals surface area (Å²) >= 11 is 0. The molecule has 1 aromatic carbocycles. The van der Waals surface area contributed by atoms with Gasteiger partial charge in [0.1, 0.15) is 12.1 Å². The maximum Gasteiger partial charge on any atom is 0.282 e. The number of hydrogen-bond acceptors (Lipinski definition) is 8. The van der Waals surface area contributed by atoms with E-state index in [-0.39, 0.29) is 30.0 Å². The Labute approximate surface area is 208 Å². The predicted octanol–water partition coefficient (Wildman–Crippen LogP) is 0.971. The van der Waals surface area contributed by atoms with Crippen LogP contribution in [0.15, 0.2) is 41.9 Å². The van der Waals surface area contributed by atoms with Crippen LogP contribution >= 0.6 is 0 Å². The summed E-state index contributed by atoms with van der Waals surface area (Å²) in [6, 6.07) is 6.47. The first-order valence-corrected chi connectivity index (χ1v) is 13.3. The second-order valence-corrected chi connectivity index (χ2v) is 10.8. The first-order valence-electron chi connectivity index (χ1n) is 11.8. The molecule has 2 aliphatic rings. The fourth-order valence-corrected chi connectivity index (χ4v) is 6.10. The van der Waals surface area contributed by atoms with E-state index < -0.39 is 15.9 Å².